The second-order valence-corrected chi connectivity index (χ2v) is 2.94. The van der Waals surface area contributed by atoms with Gasteiger partial charge in [0.2, 0.25) is 6.41 Å². The summed E-state index contributed by atoms with van der Waals surface area (Å²) in [6.07, 6.45) is 5.04. The first-order valence-corrected chi connectivity index (χ1v) is 4.25. The number of fused-ring (bicyclic) bond motifs is 1. The Balaban J connectivity index is 2.08. The third kappa shape index (κ3) is 1.72. The predicted molar refractivity (Wildman–Crippen MR) is 45.7 cm³/mol. The van der Waals surface area contributed by atoms with Crippen LogP contribution in [0.15, 0.2) is 23.6 Å². The Morgan fingerprint density at radius 1 is 1.46 bits per heavy atom. The highest BCUT2D eigenvalue weighted by molar-refractivity contribution is 5.51. The lowest BCUT2D eigenvalue weighted by molar-refractivity contribution is -0.109. The van der Waals surface area contributed by atoms with Gasteiger partial charge in [0.15, 0.2) is 0 Å². The van der Waals surface area contributed by atoms with Crippen LogP contribution in [-0.4, -0.2) is 25.7 Å². The van der Waals surface area contributed by atoms with Crippen LogP contribution in [0.25, 0.3) is 0 Å². The molecule has 1 aliphatic carbocycles. The van der Waals surface area contributed by atoms with Crippen molar-refractivity contribution in [3.05, 3.63) is 23.6 Å². The highest BCUT2D eigenvalue weighted by Gasteiger charge is 2.24. The molecule has 4 heteroatoms. The molecule has 1 fully saturated rings. The minimum absolute atomic E-state index is 0.0128. The van der Waals surface area contributed by atoms with Gasteiger partial charge in [0.1, 0.15) is 18.5 Å². The van der Waals surface area contributed by atoms with Crippen molar-refractivity contribution in [2.45, 2.75) is 12.5 Å². The van der Waals surface area contributed by atoms with E-state index in [0.29, 0.717) is 26.0 Å². The first-order valence-electron chi connectivity index (χ1n) is 4.25. The van der Waals surface area contributed by atoms with Gasteiger partial charge in [-0.15, -0.1) is 0 Å². The number of nitrogens with one attached hydrogen (secondary N) is 1. The normalized spacial score (nSPS) is 26.3. The number of rotatable bonds is 2. The van der Waals surface area contributed by atoms with Crippen LogP contribution < -0.4 is 5.32 Å². The molecule has 0 spiro atoms. The van der Waals surface area contributed by atoms with Gasteiger partial charge in [0.05, 0.1) is 6.61 Å². The molecule has 1 unspecified atom stereocenters. The number of carbonyl (C=O) groups is 1. The monoisotopic (exact) mass is 181 g/mol. The van der Waals surface area contributed by atoms with Gasteiger partial charge in [-0.25, -0.2) is 0 Å². The minimum Gasteiger partial charge on any atom is -0.493 e. The molecule has 0 saturated carbocycles. The number of hydrogen-bond acceptors (Lipinski definition) is 3. The lowest BCUT2D eigenvalue weighted by atomic mass is 10.1. The summed E-state index contributed by atoms with van der Waals surface area (Å²) in [5.41, 5.74) is 0.870. The van der Waals surface area contributed by atoms with Crippen LogP contribution in [0.1, 0.15) is 6.42 Å². The summed E-state index contributed by atoms with van der Waals surface area (Å²) in [6.45, 7) is 1.24. The van der Waals surface area contributed by atoms with Crippen molar-refractivity contribution in [2.24, 2.45) is 0 Å². The zero-order valence-electron chi connectivity index (χ0n) is 7.16. The van der Waals surface area contributed by atoms with Gasteiger partial charge < -0.3 is 14.8 Å². The van der Waals surface area contributed by atoms with Crippen molar-refractivity contribution < 1.29 is 14.3 Å². The maximum Gasteiger partial charge on any atom is 0.211 e. The average Bonchev–Trinajstić information content (AvgIpc) is 2.18. The fourth-order valence-electron chi connectivity index (χ4n) is 1.47. The molecule has 1 amide bonds. The van der Waals surface area contributed by atoms with E-state index in [2.05, 4.69) is 5.32 Å². The number of amides is 1. The average molecular weight is 181 g/mol. The molecule has 1 atom stereocenters. The Kier molecular flexibility index (Phi) is 2.31. The van der Waals surface area contributed by atoms with Crippen molar-refractivity contribution in [1.82, 2.24) is 5.32 Å². The number of allylic oxidation sites excluding steroid dienone is 2. The van der Waals surface area contributed by atoms with E-state index in [9.17, 15) is 4.79 Å². The molecule has 1 N–H and O–H groups in total. The molecule has 70 valence electrons. The molecule has 2 rings (SSSR count). The van der Waals surface area contributed by atoms with E-state index >= 15 is 0 Å². The van der Waals surface area contributed by atoms with Crippen molar-refractivity contribution in [2.75, 3.05) is 13.2 Å². The Labute approximate surface area is 76.2 Å². The van der Waals surface area contributed by atoms with Gasteiger partial charge in [-0.2, -0.15) is 0 Å². The summed E-state index contributed by atoms with van der Waals surface area (Å²) in [4.78, 5) is 10.2. The van der Waals surface area contributed by atoms with Crippen LogP contribution >= 0.6 is 0 Å². The van der Waals surface area contributed by atoms with E-state index in [1.807, 2.05) is 12.2 Å². The Hall–Kier alpha value is -1.29. The highest BCUT2D eigenvalue weighted by atomic mass is 16.6. The Morgan fingerprint density at radius 2 is 2.38 bits per heavy atom. The van der Waals surface area contributed by atoms with Crippen LogP contribution in [0.2, 0.25) is 0 Å². The summed E-state index contributed by atoms with van der Waals surface area (Å²) >= 11 is 0. The standard InChI is InChI=1S/C9H11NO3/c11-6-10-7-1-2-8-9(5-7)13-4-3-12-8/h1-2,6,9H,3-5H2,(H,10,11). The van der Waals surface area contributed by atoms with Crippen LogP contribution in [-0.2, 0) is 14.3 Å². The summed E-state index contributed by atoms with van der Waals surface area (Å²) in [5.74, 6) is 0.864. The lowest BCUT2D eigenvalue weighted by Gasteiger charge is -2.29. The molecule has 2 aliphatic rings. The van der Waals surface area contributed by atoms with Crippen molar-refractivity contribution >= 4 is 6.41 Å². The van der Waals surface area contributed by atoms with Crippen molar-refractivity contribution in [3.63, 3.8) is 0 Å². The summed E-state index contributed by atoms with van der Waals surface area (Å²) in [6, 6.07) is 0. The molecule has 0 radical (unpaired) electrons. The molecule has 0 bridgehead atoms. The molecule has 0 aromatic rings. The molecular formula is C9H11NO3. The topological polar surface area (TPSA) is 47.6 Å². The largest absolute Gasteiger partial charge is 0.493 e. The second-order valence-electron chi connectivity index (χ2n) is 2.94. The summed E-state index contributed by atoms with van der Waals surface area (Å²) < 4.78 is 10.9. The maximum atomic E-state index is 10.2. The van der Waals surface area contributed by atoms with E-state index in [1.165, 1.54) is 0 Å². The first-order chi connectivity index (χ1) is 6.40. The second kappa shape index (κ2) is 3.62. The first kappa shape index (κ1) is 8.31. The third-order valence-corrected chi connectivity index (χ3v) is 2.09. The van der Waals surface area contributed by atoms with Gasteiger partial charge in [0, 0.05) is 12.1 Å². The van der Waals surface area contributed by atoms with E-state index in [1.54, 1.807) is 0 Å². The van der Waals surface area contributed by atoms with E-state index in [4.69, 9.17) is 9.47 Å². The predicted octanol–water partition coefficient (Wildman–Crippen LogP) is 0.319. The third-order valence-electron chi connectivity index (χ3n) is 2.09. The van der Waals surface area contributed by atoms with Gasteiger partial charge >= 0.3 is 0 Å². The molecule has 13 heavy (non-hydrogen) atoms. The zero-order chi connectivity index (χ0) is 9.10. The number of ether oxygens (including phenoxy) is 2. The fraction of sp³-hybridized carbons (Fsp3) is 0.444. The highest BCUT2D eigenvalue weighted by Crippen LogP contribution is 2.23. The summed E-state index contributed by atoms with van der Waals surface area (Å²) in [7, 11) is 0. The van der Waals surface area contributed by atoms with E-state index in [-0.39, 0.29) is 6.10 Å². The fourth-order valence-corrected chi connectivity index (χ4v) is 1.47. The van der Waals surface area contributed by atoms with Gasteiger partial charge in [-0.05, 0) is 12.2 Å². The Bertz CT molecular complexity index is 270. The molecule has 0 aromatic carbocycles. The maximum absolute atomic E-state index is 10.2. The van der Waals surface area contributed by atoms with Crippen molar-refractivity contribution in [1.29, 1.82) is 0 Å². The van der Waals surface area contributed by atoms with Gasteiger partial charge in [-0.1, -0.05) is 0 Å². The summed E-state index contributed by atoms with van der Waals surface area (Å²) in [5, 5.41) is 2.62. The van der Waals surface area contributed by atoms with E-state index < -0.39 is 0 Å². The minimum atomic E-state index is -0.0128. The van der Waals surface area contributed by atoms with Crippen LogP contribution in [0.4, 0.5) is 0 Å². The molecule has 4 nitrogen and oxygen atoms in total. The Morgan fingerprint density at radius 3 is 3.23 bits per heavy atom. The quantitative estimate of drug-likeness (QED) is 0.624. The van der Waals surface area contributed by atoms with Gasteiger partial charge in [0.25, 0.3) is 0 Å². The molecular weight excluding hydrogens is 170 g/mol. The van der Waals surface area contributed by atoms with Gasteiger partial charge in [-0.3, -0.25) is 4.79 Å². The SMILES string of the molecule is O=CNC1=CC=C2OCCOC2C1. The molecule has 1 saturated heterocycles. The van der Waals surface area contributed by atoms with Crippen molar-refractivity contribution in [3.8, 4) is 0 Å². The number of hydrogen-bond donors (Lipinski definition) is 1. The molecule has 1 heterocycles. The smallest absolute Gasteiger partial charge is 0.211 e. The van der Waals surface area contributed by atoms with Crippen LogP contribution in [0.5, 0.6) is 0 Å². The van der Waals surface area contributed by atoms with Crippen LogP contribution in [0.3, 0.4) is 0 Å². The van der Waals surface area contributed by atoms with Crippen LogP contribution in [0, 0.1) is 0 Å². The number of carbonyl (C=O) groups excluding carboxylic acids is 1. The molecule has 0 aromatic heterocycles. The molecule has 1 aliphatic heterocycles. The van der Waals surface area contributed by atoms with E-state index in [0.717, 1.165) is 11.5 Å². The lowest BCUT2D eigenvalue weighted by Crippen LogP contribution is -2.31. The zero-order valence-corrected chi connectivity index (χ0v) is 7.16.